The fourth-order valence-corrected chi connectivity index (χ4v) is 2.81. The standard InChI is InChI=1S/C19H15ClF3N5O3/c20-15-6-3-12(9-14(15)19(21,22)23)27-10-26-11-1-4-13(5-2-11)31-16-7-8-25-18(24)17(16)28(29)30/h1-9,26-27H,10H2,(H2,24,25). The van der Waals surface area contributed by atoms with Crippen molar-refractivity contribution < 1.29 is 22.8 Å². The van der Waals surface area contributed by atoms with E-state index in [2.05, 4.69) is 15.6 Å². The molecule has 162 valence electrons. The van der Waals surface area contributed by atoms with Crippen molar-refractivity contribution in [2.24, 2.45) is 0 Å². The zero-order valence-electron chi connectivity index (χ0n) is 15.6. The van der Waals surface area contributed by atoms with Gasteiger partial charge in [0.2, 0.25) is 11.6 Å². The maximum Gasteiger partial charge on any atom is 0.417 e. The van der Waals surface area contributed by atoms with Gasteiger partial charge in [-0.2, -0.15) is 13.2 Å². The molecule has 0 saturated carbocycles. The number of benzene rings is 2. The van der Waals surface area contributed by atoms with Gasteiger partial charge in [0, 0.05) is 23.6 Å². The predicted octanol–water partition coefficient (Wildman–Crippen LogP) is 5.52. The second-order valence-electron chi connectivity index (χ2n) is 6.15. The molecule has 3 aromatic rings. The van der Waals surface area contributed by atoms with E-state index in [0.29, 0.717) is 11.4 Å². The molecule has 3 rings (SSSR count). The first-order chi connectivity index (χ1) is 14.6. The summed E-state index contributed by atoms with van der Waals surface area (Å²) in [5.74, 6) is 0.00514. The molecule has 0 radical (unpaired) electrons. The molecule has 0 fully saturated rings. The Kier molecular flexibility index (Phi) is 6.35. The molecule has 0 amide bonds. The van der Waals surface area contributed by atoms with Gasteiger partial charge in [-0.1, -0.05) is 11.6 Å². The number of hydrogen-bond donors (Lipinski definition) is 3. The van der Waals surface area contributed by atoms with Crippen LogP contribution in [0.4, 0.5) is 36.1 Å². The van der Waals surface area contributed by atoms with E-state index in [4.69, 9.17) is 22.1 Å². The van der Waals surface area contributed by atoms with Gasteiger partial charge in [0.05, 0.1) is 22.2 Å². The van der Waals surface area contributed by atoms with Gasteiger partial charge in [0.1, 0.15) is 5.75 Å². The number of ether oxygens (including phenoxy) is 1. The van der Waals surface area contributed by atoms with Crippen molar-refractivity contribution >= 4 is 34.5 Å². The van der Waals surface area contributed by atoms with Gasteiger partial charge in [-0.25, -0.2) is 4.98 Å². The number of rotatable bonds is 7. The topological polar surface area (TPSA) is 115 Å². The number of nitrogens with zero attached hydrogens (tertiary/aromatic N) is 2. The van der Waals surface area contributed by atoms with Gasteiger partial charge in [-0.05, 0) is 42.5 Å². The molecule has 0 saturated heterocycles. The van der Waals surface area contributed by atoms with E-state index < -0.39 is 22.4 Å². The van der Waals surface area contributed by atoms with Crippen LogP contribution in [0.5, 0.6) is 11.5 Å². The van der Waals surface area contributed by atoms with Gasteiger partial charge in [-0.3, -0.25) is 10.1 Å². The smallest absolute Gasteiger partial charge is 0.417 e. The van der Waals surface area contributed by atoms with Crippen molar-refractivity contribution in [3.63, 3.8) is 0 Å². The average Bonchev–Trinajstić information content (AvgIpc) is 2.69. The zero-order valence-corrected chi connectivity index (χ0v) is 16.4. The van der Waals surface area contributed by atoms with Crippen molar-refractivity contribution in [3.8, 4) is 11.5 Å². The van der Waals surface area contributed by atoms with E-state index in [1.165, 1.54) is 24.4 Å². The normalized spacial score (nSPS) is 11.1. The third kappa shape index (κ3) is 5.45. The van der Waals surface area contributed by atoms with Crippen LogP contribution in [0.25, 0.3) is 0 Å². The Hall–Kier alpha value is -3.73. The highest BCUT2D eigenvalue weighted by Crippen LogP contribution is 2.36. The number of hydrogen-bond acceptors (Lipinski definition) is 7. The molecule has 8 nitrogen and oxygen atoms in total. The van der Waals surface area contributed by atoms with Gasteiger partial charge in [0.25, 0.3) is 0 Å². The number of alkyl halides is 3. The summed E-state index contributed by atoms with van der Waals surface area (Å²) in [4.78, 5) is 14.1. The number of anilines is 3. The maximum absolute atomic E-state index is 12.9. The Bertz CT molecular complexity index is 1090. The van der Waals surface area contributed by atoms with E-state index in [0.717, 1.165) is 6.07 Å². The lowest BCUT2D eigenvalue weighted by molar-refractivity contribution is -0.384. The number of halogens is 4. The van der Waals surface area contributed by atoms with Crippen molar-refractivity contribution in [1.29, 1.82) is 0 Å². The van der Waals surface area contributed by atoms with Crippen LogP contribution in [0.15, 0.2) is 54.7 Å². The van der Waals surface area contributed by atoms with Crippen LogP contribution in [-0.4, -0.2) is 16.6 Å². The van der Waals surface area contributed by atoms with Gasteiger partial charge < -0.3 is 21.1 Å². The minimum Gasteiger partial charge on any atom is -0.450 e. The molecule has 1 heterocycles. The summed E-state index contributed by atoms with van der Waals surface area (Å²) in [6, 6.07) is 11.2. The highest BCUT2D eigenvalue weighted by atomic mass is 35.5. The van der Waals surface area contributed by atoms with Crippen molar-refractivity contribution in [2.45, 2.75) is 6.18 Å². The average molecular weight is 454 g/mol. The van der Waals surface area contributed by atoms with E-state index >= 15 is 0 Å². The largest absolute Gasteiger partial charge is 0.450 e. The summed E-state index contributed by atoms with van der Waals surface area (Å²) in [6.07, 6.45) is -3.26. The lowest BCUT2D eigenvalue weighted by Gasteiger charge is -2.13. The second-order valence-corrected chi connectivity index (χ2v) is 6.56. The first kappa shape index (κ1) is 22.0. The van der Waals surface area contributed by atoms with Crippen molar-refractivity contribution in [2.75, 3.05) is 23.0 Å². The Morgan fingerprint density at radius 1 is 1.10 bits per heavy atom. The quantitative estimate of drug-likeness (QED) is 0.245. The number of nitrogens with one attached hydrogen (secondary N) is 2. The Morgan fingerprint density at radius 2 is 1.74 bits per heavy atom. The van der Waals surface area contributed by atoms with E-state index in [9.17, 15) is 23.3 Å². The molecule has 1 aromatic heterocycles. The van der Waals surface area contributed by atoms with Gasteiger partial charge in [0.15, 0.2) is 0 Å². The van der Waals surface area contributed by atoms with Gasteiger partial charge in [-0.15, -0.1) is 0 Å². The molecule has 12 heteroatoms. The highest BCUT2D eigenvalue weighted by molar-refractivity contribution is 6.31. The van der Waals surface area contributed by atoms with Gasteiger partial charge >= 0.3 is 11.9 Å². The molecule has 0 aliphatic carbocycles. The zero-order chi connectivity index (χ0) is 22.6. The van der Waals surface area contributed by atoms with E-state index in [-0.39, 0.29) is 28.9 Å². The lowest BCUT2D eigenvalue weighted by atomic mass is 10.2. The van der Waals surface area contributed by atoms with Crippen LogP contribution >= 0.6 is 11.6 Å². The molecular formula is C19H15ClF3N5O3. The fourth-order valence-electron chi connectivity index (χ4n) is 2.59. The predicted molar refractivity (Wildman–Crippen MR) is 110 cm³/mol. The highest BCUT2D eigenvalue weighted by Gasteiger charge is 2.33. The monoisotopic (exact) mass is 453 g/mol. The summed E-state index contributed by atoms with van der Waals surface area (Å²) < 4.78 is 44.3. The SMILES string of the molecule is Nc1nccc(Oc2ccc(NCNc3ccc(Cl)c(C(F)(F)F)c3)cc2)c1[N+](=O)[O-]. The number of nitro groups is 1. The number of nitrogen functional groups attached to an aromatic ring is 1. The van der Waals surface area contributed by atoms with E-state index in [1.807, 2.05) is 0 Å². The Morgan fingerprint density at radius 3 is 2.39 bits per heavy atom. The molecule has 2 aromatic carbocycles. The number of pyridine rings is 1. The first-order valence-electron chi connectivity index (χ1n) is 8.66. The Balaban J connectivity index is 1.61. The van der Waals surface area contributed by atoms with Crippen LogP contribution in [0.3, 0.4) is 0 Å². The maximum atomic E-state index is 12.9. The molecule has 0 atom stereocenters. The summed E-state index contributed by atoms with van der Waals surface area (Å²) in [5.41, 5.74) is 5.04. The Labute approximate surface area is 179 Å². The van der Waals surface area contributed by atoms with Crippen LogP contribution in [0.2, 0.25) is 5.02 Å². The summed E-state index contributed by atoms with van der Waals surface area (Å²) in [7, 11) is 0. The van der Waals surface area contributed by atoms with Crippen LogP contribution in [-0.2, 0) is 6.18 Å². The molecule has 0 bridgehead atoms. The van der Waals surface area contributed by atoms with Crippen LogP contribution in [0, 0.1) is 10.1 Å². The van der Waals surface area contributed by atoms with Crippen molar-refractivity contribution in [1.82, 2.24) is 4.98 Å². The second kappa shape index (κ2) is 8.96. The summed E-state index contributed by atoms with van der Waals surface area (Å²) >= 11 is 5.60. The molecule has 31 heavy (non-hydrogen) atoms. The minimum atomic E-state index is -4.55. The molecule has 4 N–H and O–H groups in total. The first-order valence-corrected chi connectivity index (χ1v) is 9.04. The van der Waals surface area contributed by atoms with E-state index in [1.54, 1.807) is 24.3 Å². The summed E-state index contributed by atoms with van der Waals surface area (Å²) in [5, 5.41) is 16.6. The third-order valence-electron chi connectivity index (χ3n) is 4.04. The fraction of sp³-hybridized carbons (Fsp3) is 0.105. The molecular weight excluding hydrogens is 439 g/mol. The van der Waals surface area contributed by atoms with Crippen LogP contribution < -0.4 is 21.1 Å². The molecule has 0 aliphatic heterocycles. The minimum absolute atomic E-state index is 0.0527. The van der Waals surface area contributed by atoms with Crippen molar-refractivity contribution in [3.05, 3.63) is 75.4 Å². The summed E-state index contributed by atoms with van der Waals surface area (Å²) in [6.45, 7) is 0.130. The van der Waals surface area contributed by atoms with Crippen LogP contribution in [0.1, 0.15) is 5.56 Å². The number of nitrogens with two attached hydrogens (primary N) is 1. The third-order valence-corrected chi connectivity index (χ3v) is 4.37. The number of aromatic nitrogens is 1. The molecule has 0 aliphatic rings. The molecule has 0 spiro atoms. The molecule has 0 unspecified atom stereocenters. The lowest BCUT2D eigenvalue weighted by Crippen LogP contribution is -2.13.